The van der Waals surface area contributed by atoms with Gasteiger partial charge in [0.2, 0.25) is 5.91 Å². The van der Waals surface area contributed by atoms with Gasteiger partial charge in [-0.15, -0.1) is 0 Å². The van der Waals surface area contributed by atoms with Crippen LogP contribution in [0.15, 0.2) is 54.6 Å². The van der Waals surface area contributed by atoms with Crippen molar-refractivity contribution in [1.29, 1.82) is 5.26 Å². The van der Waals surface area contributed by atoms with Gasteiger partial charge in [0.1, 0.15) is 17.0 Å². The summed E-state index contributed by atoms with van der Waals surface area (Å²) in [5.41, 5.74) is -2.24. The van der Waals surface area contributed by atoms with Crippen LogP contribution in [0.5, 0.6) is 0 Å². The minimum Gasteiger partial charge on any atom is -0.478 e. The number of anilines is 1. The van der Waals surface area contributed by atoms with E-state index in [-0.39, 0.29) is 37.4 Å². The monoisotopic (exact) mass is 619 g/mol. The first-order valence-electron chi connectivity index (χ1n) is 12.6. The molecule has 0 aromatic heterocycles. The molecule has 41 heavy (non-hydrogen) atoms. The Hall–Kier alpha value is -3.22. The molecule has 4 rings (SSSR count). The lowest BCUT2D eigenvalue weighted by Gasteiger charge is -2.37. The van der Waals surface area contributed by atoms with Gasteiger partial charge in [-0.05, 0) is 53.8 Å². The molecule has 3 aromatic rings. The summed E-state index contributed by atoms with van der Waals surface area (Å²) in [6.45, 7) is 5.80. The van der Waals surface area contributed by atoms with Crippen LogP contribution in [0.25, 0.3) is 0 Å². The number of amides is 1. The van der Waals surface area contributed by atoms with Gasteiger partial charge in [0.15, 0.2) is 0 Å². The highest BCUT2D eigenvalue weighted by Crippen LogP contribution is 2.53. The van der Waals surface area contributed by atoms with Gasteiger partial charge < -0.3 is 15.7 Å². The molecule has 1 amide bonds. The first kappa shape index (κ1) is 30.7. The number of carboxylic acid groups (broad SMARTS) is 1. The Balaban J connectivity index is 1.93. The molecule has 11 heteroatoms. The van der Waals surface area contributed by atoms with E-state index in [1.807, 2.05) is 20.8 Å². The third-order valence-electron chi connectivity index (χ3n) is 7.20. The molecule has 2 unspecified atom stereocenters. The van der Waals surface area contributed by atoms with Gasteiger partial charge >= 0.3 is 5.97 Å². The van der Waals surface area contributed by atoms with Gasteiger partial charge in [-0.2, -0.15) is 5.26 Å². The second-order valence-corrected chi connectivity index (χ2v) is 12.4. The Bertz CT molecular complexity index is 1570. The fourth-order valence-corrected chi connectivity index (χ4v) is 6.15. The Morgan fingerprint density at radius 3 is 2.37 bits per heavy atom. The van der Waals surface area contributed by atoms with Crippen molar-refractivity contribution in [3.8, 4) is 6.07 Å². The summed E-state index contributed by atoms with van der Waals surface area (Å²) in [6.07, 6.45) is 0.310. The normalized spacial score (nSPS) is 22.3. The molecule has 0 radical (unpaired) electrons. The van der Waals surface area contributed by atoms with Crippen LogP contribution >= 0.6 is 34.8 Å². The summed E-state index contributed by atoms with van der Waals surface area (Å²) >= 11 is 18.3. The summed E-state index contributed by atoms with van der Waals surface area (Å²) in [5, 5.41) is 25.8. The third kappa shape index (κ3) is 5.91. The van der Waals surface area contributed by atoms with Crippen LogP contribution in [0.3, 0.4) is 0 Å². The lowest BCUT2D eigenvalue weighted by Crippen LogP contribution is -2.45. The average Bonchev–Trinajstić information content (AvgIpc) is 3.18. The molecule has 0 saturated carbocycles. The number of halogens is 5. The van der Waals surface area contributed by atoms with Crippen molar-refractivity contribution in [2.45, 2.75) is 50.6 Å². The van der Waals surface area contributed by atoms with Gasteiger partial charge in [-0.3, -0.25) is 4.79 Å². The van der Waals surface area contributed by atoms with Gasteiger partial charge in [-0.1, -0.05) is 73.8 Å². The highest BCUT2D eigenvalue weighted by molar-refractivity contribution is 6.34. The maximum absolute atomic E-state index is 15.7. The minimum absolute atomic E-state index is 0.0420. The van der Waals surface area contributed by atoms with Crippen LogP contribution in [-0.2, 0) is 10.2 Å². The highest BCUT2D eigenvalue weighted by Gasteiger charge is 2.61. The van der Waals surface area contributed by atoms with Gasteiger partial charge in [0.25, 0.3) is 0 Å². The average molecular weight is 621 g/mol. The number of nitriles is 1. The van der Waals surface area contributed by atoms with Crippen LogP contribution in [0.4, 0.5) is 14.5 Å². The summed E-state index contributed by atoms with van der Waals surface area (Å²) < 4.78 is 31.4. The van der Waals surface area contributed by atoms with Crippen LogP contribution in [0.1, 0.15) is 54.6 Å². The molecule has 3 aromatic carbocycles. The number of rotatable bonds is 6. The van der Waals surface area contributed by atoms with Crippen molar-refractivity contribution >= 4 is 52.4 Å². The number of carbonyl (C=O) groups excluding carboxylic acids is 1. The zero-order chi connectivity index (χ0) is 30.3. The minimum atomic E-state index is -1.78. The molecule has 214 valence electrons. The van der Waals surface area contributed by atoms with Crippen LogP contribution in [0, 0.1) is 28.4 Å². The molecule has 1 saturated heterocycles. The number of nitrogens with zero attached hydrogens (tertiary/aromatic N) is 1. The van der Waals surface area contributed by atoms with E-state index in [0.717, 1.165) is 6.07 Å². The molecule has 1 fully saturated rings. The predicted octanol–water partition coefficient (Wildman–Crippen LogP) is 7.58. The number of carbonyl (C=O) groups is 2. The zero-order valence-electron chi connectivity index (χ0n) is 22.2. The molecule has 1 aliphatic rings. The van der Waals surface area contributed by atoms with Crippen LogP contribution in [0.2, 0.25) is 15.1 Å². The molecule has 4 atom stereocenters. The lowest BCUT2D eigenvalue weighted by atomic mass is 9.62. The van der Waals surface area contributed by atoms with Gasteiger partial charge in [-0.25, -0.2) is 13.6 Å². The number of hydrogen-bond acceptors (Lipinski definition) is 4. The van der Waals surface area contributed by atoms with Crippen molar-refractivity contribution in [3.63, 3.8) is 0 Å². The number of aromatic carboxylic acids is 1. The predicted molar refractivity (Wildman–Crippen MR) is 155 cm³/mol. The van der Waals surface area contributed by atoms with Gasteiger partial charge in [0, 0.05) is 28.2 Å². The molecule has 1 aliphatic heterocycles. The Morgan fingerprint density at radius 1 is 1.07 bits per heavy atom. The molecular weight excluding hydrogens is 595 g/mol. The molecular formula is C30H26Cl3F2N3O3. The largest absolute Gasteiger partial charge is 0.478 e. The topological polar surface area (TPSA) is 102 Å². The molecule has 0 aliphatic carbocycles. The van der Waals surface area contributed by atoms with Gasteiger partial charge in [0.05, 0.1) is 27.7 Å². The number of benzene rings is 3. The third-order valence-corrected chi connectivity index (χ3v) is 8.04. The van der Waals surface area contributed by atoms with Crippen molar-refractivity contribution < 1.29 is 23.5 Å². The standard InChI is InChI=1S/C30H26Cl3F2N3O3/c1-29(2,3)13-23-30(14-36,19-10-7-15(31)11-22(19)34)24(18-5-4-6-20(32)25(18)35)26(38-23)27(39)37-16-8-9-17(28(40)41)21(33)12-16/h4-12,23-24,26,38H,13H2,1-3H3,(H,37,39)(H,40,41)/t23?,24?,26-,30+/m1/s1. The van der Waals surface area contributed by atoms with E-state index >= 15 is 8.78 Å². The van der Waals surface area contributed by atoms with Crippen molar-refractivity contribution in [2.75, 3.05) is 5.32 Å². The molecule has 0 bridgehead atoms. The summed E-state index contributed by atoms with van der Waals surface area (Å²) in [5.74, 6) is -4.76. The second kappa shape index (κ2) is 11.6. The SMILES string of the molecule is CC(C)(C)CC1N[C@@H](C(=O)Nc2ccc(C(=O)O)c(Cl)c2)C(c2cccc(Cl)c2F)[C@@]1(C#N)c1ccc(Cl)cc1F. The van der Waals surface area contributed by atoms with E-state index in [1.165, 1.54) is 48.5 Å². The van der Waals surface area contributed by atoms with E-state index in [1.54, 1.807) is 0 Å². The van der Waals surface area contributed by atoms with Crippen molar-refractivity contribution in [2.24, 2.45) is 5.41 Å². The first-order chi connectivity index (χ1) is 19.2. The summed E-state index contributed by atoms with van der Waals surface area (Å²) in [4.78, 5) is 25.3. The van der Waals surface area contributed by atoms with Crippen molar-refractivity contribution in [1.82, 2.24) is 5.32 Å². The number of nitrogens with one attached hydrogen (secondary N) is 2. The number of carboxylic acids is 1. The Kier molecular flexibility index (Phi) is 8.68. The quantitative estimate of drug-likeness (QED) is 0.264. The van der Waals surface area contributed by atoms with E-state index in [0.29, 0.717) is 6.42 Å². The Labute approximate surface area is 251 Å². The first-order valence-corrected chi connectivity index (χ1v) is 13.7. The lowest BCUT2D eigenvalue weighted by molar-refractivity contribution is -0.118. The molecule has 1 heterocycles. The van der Waals surface area contributed by atoms with Crippen molar-refractivity contribution in [3.05, 3.63) is 98.0 Å². The molecule has 0 spiro atoms. The molecule has 6 nitrogen and oxygen atoms in total. The zero-order valence-corrected chi connectivity index (χ0v) is 24.5. The van der Waals surface area contributed by atoms with E-state index in [4.69, 9.17) is 34.8 Å². The Morgan fingerprint density at radius 2 is 1.78 bits per heavy atom. The summed E-state index contributed by atoms with van der Waals surface area (Å²) in [6, 6.07) is 12.3. The maximum Gasteiger partial charge on any atom is 0.337 e. The van der Waals surface area contributed by atoms with E-state index in [2.05, 4.69) is 16.7 Å². The van der Waals surface area contributed by atoms with E-state index in [9.17, 15) is 20.0 Å². The smallest absolute Gasteiger partial charge is 0.337 e. The number of hydrogen-bond donors (Lipinski definition) is 3. The second-order valence-electron chi connectivity index (χ2n) is 11.2. The maximum atomic E-state index is 15.7. The highest BCUT2D eigenvalue weighted by atomic mass is 35.5. The fraction of sp³-hybridized carbons (Fsp3) is 0.300. The van der Waals surface area contributed by atoms with E-state index < -0.39 is 52.3 Å². The van der Waals surface area contributed by atoms with Crippen LogP contribution in [-0.4, -0.2) is 29.1 Å². The fourth-order valence-electron chi connectivity index (χ4n) is 5.54. The summed E-state index contributed by atoms with van der Waals surface area (Å²) in [7, 11) is 0. The van der Waals surface area contributed by atoms with Crippen LogP contribution < -0.4 is 10.6 Å². The molecule has 3 N–H and O–H groups in total.